The number of carbonyl (C=O) groups is 2. The van der Waals surface area contributed by atoms with Crippen molar-refractivity contribution in [2.24, 2.45) is 5.73 Å². The first-order valence-corrected chi connectivity index (χ1v) is 4.33. The van der Waals surface area contributed by atoms with Crippen LogP contribution in [0.25, 0.3) is 0 Å². The summed E-state index contributed by atoms with van der Waals surface area (Å²) >= 11 is 0. The van der Waals surface area contributed by atoms with E-state index in [0.717, 1.165) is 6.54 Å². The summed E-state index contributed by atoms with van der Waals surface area (Å²) in [6.07, 6.45) is 5.92. The second-order valence-electron chi connectivity index (χ2n) is 2.92. The quantitative estimate of drug-likeness (QED) is 0.435. The van der Waals surface area contributed by atoms with Gasteiger partial charge in [-0.15, -0.1) is 0 Å². The first kappa shape index (κ1) is 10.3. The molecule has 0 saturated carbocycles. The number of hydrogen-bond acceptors (Lipinski definition) is 3. The van der Waals surface area contributed by atoms with Gasteiger partial charge in [-0.2, -0.15) is 0 Å². The van der Waals surface area contributed by atoms with Crippen molar-refractivity contribution in [3.63, 3.8) is 0 Å². The Morgan fingerprint density at radius 3 is 3.14 bits per heavy atom. The topological polar surface area (TPSA) is 75.4 Å². The van der Waals surface area contributed by atoms with Gasteiger partial charge in [0, 0.05) is 25.8 Å². The van der Waals surface area contributed by atoms with E-state index >= 15 is 0 Å². The number of nitrogens with one attached hydrogen (secondary N) is 1. The Morgan fingerprint density at radius 1 is 1.71 bits per heavy atom. The molecule has 2 amide bonds. The number of hydrogen-bond donors (Lipinski definition) is 2. The van der Waals surface area contributed by atoms with E-state index in [9.17, 15) is 9.59 Å². The van der Waals surface area contributed by atoms with Crippen LogP contribution in [0.15, 0.2) is 23.9 Å². The van der Waals surface area contributed by atoms with Crippen LogP contribution in [0.3, 0.4) is 0 Å². The van der Waals surface area contributed by atoms with E-state index < -0.39 is 5.91 Å². The first-order valence-electron chi connectivity index (χ1n) is 4.33. The van der Waals surface area contributed by atoms with Crippen molar-refractivity contribution in [1.29, 1.82) is 0 Å². The standard InChI is InChI=1S/C9H13N3O2/c10-9(14)8-2-1-4-12(6-8)5-3-11-7-13/h1-2,6-7H,3-5H2,(H2,10,14)(H,11,13). The molecule has 0 aliphatic carbocycles. The highest BCUT2D eigenvalue weighted by molar-refractivity contribution is 5.94. The van der Waals surface area contributed by atoms with E-state index in [1.54, 1.807) is 12.3 Å². The summed E-state index contributed by atoms with van der Waals surface area (Å²) in [5.41, 5.74) is 5.62. The maximum atomic E-state index is 10.8. The van der Waals surface area contributed by atoms with Crippen molar-refractivity contribution in [3.8, 4) is 0 Å². The van der Waals surface area contributed by atoms with Crippen LogP contribution in [-0.4, -0.2) is 36.9 Å². The lowest BCUT2D eigenvalue weighted by molar-refractivity contribution is -0.114. The van der Waals surface area contributed by atoms with Gasteiger partial charge in [-0.05, 0) is 0 Å². The molecule has 1 aliphatic heterocycles. The zero-order valence-corrected chi connectivity index (χ0v) is 7.77. The van der Waals surface area contributed by atoms with E-state index in [4.69, 9.17) is 5.73 Å². The SMILES string of the molecule is NC(=O)C1=CN(CCNC=O)CC=C1. The van der Waals surface area contributed by atoms with Crippen LogP contribution < -0.4 is 11.1 Å². The first-order chi connectivity index (χ1) is 6.74. The van der Waals surface area contributed by atoms with E-state index in [0.29, 0.717) is 25.1 Å². The number of rotatable bonds is 5. The summed E-state index contributed by atoms with van der Waals surface area (Å²) in [4.78, 5) is 22.7. The Hall–Kier alpha value is -1.78. The highest BCUT2D eigenvalue weighted by Gasteiger charge is 2.08. The highest BCUT2D eigenvalue weighted by Crippen LogP contribution is 2.05. The molecule has 0 aromatic carbocycles. The molecular weight excluding hydrogens is 182 g/mol. The summed E-state index contributed by atoms with van der Waals surface area (Å²) in [5, 5.41) is 2.55. The van der Waals surface area contributed by atoms with Crippen LogP contribution in [-0.2, 0) is 9.59 Å². The molecule has 14 heavy (non-hydrogen) atoms. The Morgan fingerprint density at radius 2 is 2.50 bits per heavy atom. The summed E-state index contributed by atoms with van der Waals surface area (Å²) in [6, 6.07) is 0. The van der Waals surface area contributed by atoms with E-state index in [1.807, 2.05) is 11.0 Å². The molecule has 0 unspecified atom stereocenters. The van der Waals surface area contributed by atoms with Crippen molar-refractivity contribution >= 4 is 12.3 Å². The molecule has 0 spiro atoms. The third-order valence-electron chi connectivity index (χ3n) is 1.87. The molecule has 1 heterocycles. The number of primary amides is 1. The lowest BCUT2D eigenvalue weighted by atomic mass is 10.2. The third-order valence-corrected chi connectivity index (χ3v) is 1.87. The number of nitrogens with two attached hydrogens (primary N) is 1. The smallest absolute Gasteiger partial charge is 0.250 e. The molecular formula is C9H13N3O2. The van der Waals surface area contributed by atoms with Gasteiger partial charge >= 0.3 is 0 Å². The molecule has 0 radical (unpaired) electrons. The Labute approximate surface area is 82.2 Å². The lowest BCUT2D eigenvalue weighted by Crippen LogP contribution is -2.30. The van der Waals surface area contributed by atoms with Crippen molar-refractivity contribution in [2.75, 3.05) is 19.6 Å². The molecule has 5 heteroatoms. The number of nitrogens with zero attached hydrogens (tertiary/aromatic N) is 1. The zero-order chi connectivity index (χ0) is 10.4. The normalized spacial score (nSPS) is 14.9. The summed E-state index contributed by atoms with van der Waals surface area (Å²) in [7, 11) is 0. The monoisotopic (exact) mass is 195 g/mol. The van der Waals surface area contributed by atoms with Gasteiger partial charge in [-0.1, -0.05) is 12.2 Å². The molecule has 0 aromatic heterocycles. The van der Waals surface area contributed by atoms with Gasteiger partial charge in [0.15, 0.2) is 0 Å². The lowest BCUT2D eigenvalue weighted by Gasteiger charge is -2.21. The highest BCUT2D eigenvalue weighted by atomic mass is 16.1. The minimum absolute atomic E-state index is 0.436. The predicted octanol–water partition coefficient (Wildman–Crippen LogP) is -1.03. The Kier molecular flexibility index (Phi) is 3.72. The molecule has 0 fully saturated rings. The van der Waals surface area contributed by atoms with E-state index in [1.165, 1.54) is 0 Å². The van der Waals surface area contributed by atoms with Gasteiger partial charge in [0.05, 0.1) is 5.57 Å². The molecule has 0 aromatic rings. The Balaban J connectivity index is 2.44. The van der Waals surface area contributed by atoms with Crippen LogP contribution >= 0.6 is 0 Å². The van der Waals surface area contributed by atoms with E-state index in [2.05, 4.69) is 5.32 Å². The van der Waals surface area contributed by atoms with Crippen molar-refractivity contribution in [2.45, 2.75) is 0 Å². The molecule has 5 nitrogen and oxygen atoms in total. The number of carbonyl (C=O) groups excluding carboxylic acids is 2. The fraction of sp³-hybridized carbons (Fsp3) is 0.333. The molecule has 0 bridgehead atoms. The van der Waals surface area contributed by atoms with Crippen molar-refractivity contribution in [1.82, 2.24) is 10.2 Å². The van der Waals surface area contributed by atoms with Gasteiger partial charge in [0.25, 0.3) is 0 Å². The third kappa shape index (κ3) is 2.93. The second kappa shape index (κ2) is 5.06. The maximum absolute atomic E-state index is 10.8. The van der Waals surface area contributed by atoms with E-state index in [-0.39, 0.29) is 0 Å². The molecule has 1 rings (SSSR count). The van der Waals surface area contributed by atoms with Gasteiger partial charge in [-0.3, -0.25) is 9.59 Å². The van der Waals surface area contributed by atoms with Crippen molar-refractivity contribution in [3.05, 3.63) is 23.9 Å². The minimum Gasteiger partial charge on any atom is -0.371 e. The van der Waals surface area contributed by atoms with Crippen LogP contribution in [0.2, 0.25) is 0 Å². The number of amides is 2. The van der Waals surface area contributed by atoms with Gasteiger partial charge in [0.1, 0.15) is 0 Å². The Bertz CT molecular complexity index is 284. The average molecular weight is 195 g/mol. The van der Waals surface area contributed by atoms with Gasteiger partial charge < -0.3 is 16.0 Å². The largest absolute Gasteiger partial charge is 0.371 e. The minimum atomic E-state index is -0.436. The molecule has 0 atom stereocenters. The van der Waals surface area contributed by atoms with Crippen LogP contribution in [0.1, 0.15) is 0 Å². The summed E-state index contributed by atoms with van der Waals surface area (Å²) < 4.78 is 0. The second-order valence-corrected chi connectivity index (χ2v) is 2.92. The van der Waals surface area contributed by atoms with Crippen LogP contribution in [0.4, 0.5) is 0 Å². The molecule has 76 valence electrons. The van der Waals surface area contributed by atoms with Crippen molar-refractivity contribution < 1.29 is 9.59 Å². The van der Waals surface area contributed by atoms with Crippen LogP contribution in [0, 0.1) is 0 Å². The van der Waals surface area contributed by atoms with Gasteiger partial charge in [-0.25, -0.2) is 0 Å². The predicted molar refractivity (Wildman–Crippen MR) is 52.1 cm³/mol. The molecule has 1 aliphatic rings. The average Bonchev–Trinajstić information content (AvgIpc) is 2.19. The fourth-order valence-corrected chi connectivity index (χ4v) is 1.18. The molecule has 3 N–H and O–H groups in total. The molecule has 0 saturated heterocycles. The zero-order valence-electron chi connectivity index (χ0n) is 7.77. The summed E-state index contributed by atoms with van der Waals surface area (Å²) in [5.74, 6) is -0.436. The fourth-order valence-electron chi connectivity index (χ4n) is 1.18. The summed E-state index contributed by atoms with van der Waals surface area (Å²) in [6.45, 7) is 1.96. The van der Waals surface area contributed by atoms with Gasteiger partial charge in [0.2, 0.25) is 12.3 Å². The van der Waals surface area contributed by atoms with Crippen LogP contribution in [0.5, 0.6) is 0 Å². The maximum Gasteiger partial charge on any atom is 0.250 e.